The minimum absolute atomic E-state index is 0.120. The summed E-state index contributed by atoms with van der Waals surface area (Å²) in [4.78, 5) is 30.9. The third-order valence-corrected chi connectivity index (χ3v) is 15.2. The predicted molar refractivity (Wildman–Crippen MR) is 255 cm³/mol. The van der Waals surface area contributed by atoms with E-state index in [4.69, 9.17) is 23.7 Å². The number of pyridine rings is 1. The molecule has 4 heterocycles. The number of aliphatic hydroxyl groups is 5. The first-order valence-corrected chi connectivity index (χ1v) is 24.2. The van der Waals surface area contributed by atoms with Gasteiger partial charge in [0, 0.05) is 61.6 Å². The molecule has 5 N–H and O–H groups in total. The average Bonchev–Trinajstić information content (AvgIpc) is 3.26. The number of carbonyl (C=O) groups excluding carboxylic acids is 1. The minimum Gasteiger partial charge on any atom is -0.459 e. The quantitative estimate of drug-likeness (QED) is 0.188. The number of hydrogen-bond donors (Lipinski definition) is 5. The van der Waals surface area contributed by atoms with E-state index in [1.165, 1.54) is 14.0 Å². The molecule has 5 rings (SSSR count). The van der Waals surface area contributed by atoms with E-state index in [1.54, 1.807) is 57.5 Å². The summed E-state index contributed by atoms with van der Waals surface area (Å²) in [5.74, 6) is 3.28. The van der Waals surface area contributed by atoms with E-state index < -0.39 is 102 Å². The van der Waals surface area contributed by atoms with Crippen molar-refractivity contribution >= 4 is 5.97 Å². The molecule has 15 heteroatoms. The zero-order valence-corrected chi connectivity index (χ0v) is 42.4. The van der Waals surface area contributed by atoms with Crippen molar-refractivity contribution in [3.8, 4) is 17.5 Å². The highest BCUT2D eigenvalue weighted by molar-refractivity contribution is 5.73. The van der Waals surface area contributed by atoms with Crippen LogP contribution in [0.4, 0.5) is 0 Å². The zero-order chi connectivity index (χ0) is 49.9. The molecule has 3 fully saturated rings. The van der Waals surface area contributed by atoms with Gasteiger partial charge in [0.25, 0.3) is 5.56 Å². The molecular formula is C52H81N3O12. The summed E-state index contributed by atoms with van der Waals surface area (Å²) in [5, 5.41) is 59.9. The van der Waals surface area contributed by atoms with Gasteiger partial charge in [-0.1, -0.05) is 45.6 Å². The number of nitrogens with zero attached hydrogens (tertiary/aromatic N) is 3. The van der Waals surface area contributed by atoms with Crippen molar-refractivity contribution in [2.45, 2.75) is 186 Å². The maximum Gasteiger partial charge on any atom is 0.309 e. The third-order valence-electron chi connectivity index (χ3n) is 15.2. The summed E-state index contributed by atoms with van der Waals surface area (Å²) < 4.78 is 33.7. The van der Waals surface area contributed by atoms with Crippen LogP contribution in [0.2, 0.25) is 0 Å². The fraction of sp³-hybridized carbons (Fsp3) is 0.731. The topological polar surface area (TPSA) is 193 Å². The van der Waals surface area contributed by atoms with Crippen molar-refractivity contribution in [2.75, 3.05) is 34.3 Å². The molecule has 0 amide bonds. The number of esters is 1. The van der Waals surface area contributed by atoms with Gasteiger partial charge in [0.2, 0.25) is 0 Å². The van der Waals surface area contributed by atoms with Crippen molar-refractivity contribution in [3.63, 3.8) is 0 Å². The zero-order valence-electron chi connectivity index (χ0n) is 42.4. The summed E-state index contributed by atoms with van der Waals surface area (Å²) in [6, 6.07) is 9.76. The molecule has 0 aliphatic carbocycles. The molecule has 0 spiro atoms. The first-order valence-electron chi connectivity index (χ1n) is 24.2. The van der Waals surface area contributed by atoms with Crippen molar-refractivity contribution in [1.29, 1.82) is 0 Å². The van der Waals surface area contributed by atoms with Gasteiger partial charge in [-0.15, -0.1) is 0 Å². The molecule has 67 heavy (non-hydrogen) atoms. The summed E-state index contributed by atoms with van der Waals surface area (Å²) >= 11 is 0. The normalized spacial score (nSPS) is 40.8. The largest absolute Gasteiger partial charge is 0.459 e. The van der Waals surface area contributed by atoms with Gasteiger partial charge < -0.3 is 54.1 Å². The molecule has 3 saturated heterocycles. The maximum absolute atomic E-state index is 14.6. The second kappa shape index (κ2) is 22.2. The molecule has 3 aliphatic heterocycles. The van der Waals surface area contributed by atoms with Crippen LogP contribution in [-0.2, 0) is 28.5 Å². The molecule has 1 aromatic heterocycles. The van der Waals surface area contributed by atoms with Crippen molar-refractivity contribution in [1.82, 2.24) is 14.4 Å². The van der Waals surface area contributed by atoms with Crippen LogP contribution in [0.15, 0.2) is 47.4 Å². The van der Waals surface area contributed by atoms with Gasteiger partial charge in [-0.05, 0) is 123 Å². The number of rotatable bonds is 8. The van der Waals surface area contributed by atoms with E-state index in [0.717, 1.165) is 16.8 Å². The lowest BCUT2D eigenvalue weighted by atomic mass is 9.68. The lowest BCUT2D eigenvalue weighted by Crippen LogP contribution is -2.62. The lowest BCUT2D eigenvalue weighted by Gasteiger charge is -2.51. The predicted octanol–water partition coefficient (Wildman–Crippen LogP) is 4.06. The van der Waals surface area contributed by atoms with E-state index in [-0.39, 0.29) is 36.8 Å². The van der Waals surface area contributed by atoms with Gasteiger partial charge in [-0.3, -0.25) is 19.1 Å². The highest BCUT2D eigenvalue weighted by Gasteiger charge is 2.55. The molecule has 1 unspecified atom stereocenters. The molecular weight excluding hydrogens is 859 g/mol. The van der Waals surface area contributed by atoms with Gasteiger partial charge in [-0.25, -0.2) is 0 Å². The highest BCUT2D eigenvalue weighted by atomic mass is 16.7. The number of methoxy groups -OCH3 is 1. The van der Waals surface area contributed by atoms with Crippen LogP contribution in [0, 0.1) is 42.4 Å². The van der Waals surface area contributed by atoms with Crippen LogP contribution in [0.1, 0.15) is 106 Å². The Morgan fingerprint density at radius 1 is 0.925 bits per heavy atom. The van der Waals surface area contributed by atoms with Crippen LogP contribution < -0.4 is 5.56 Å². The Kier molecular flexibility index (Phi) is 18.2. The summed E-state index contributed by atoms with van der Waals surface area (Å²) in [6.45, 7) is 20.6. The van der Waals surface area contributed by atoms with E-state index in [9.17, 15) is 35.1 Å². The van der Waals surface area contributed by atoms with Gasteiger partial charge in [0.1, 0.15) is 30.0 Å². The lowest BCUT2D eigenvalue weighted by molar-refractivity contribution is -0.302. The standard InChI is InChI=1S/C52H81N3O12/c1-15-41-52(11,62)45(58)35(7)54(13)28-31(3)26-50(9,61)47(33(5)43(34(6)48(60)66-41)40-27-51(10,63-14)46(59)36(8)65-40)67-49-44(57)39(25-32(4)64-49)53(12)24-16-17-37-19-21-38(22-20-37)55-29-30(2)18-23-42(55)56/h18-23,29,31-36,39-41,43-47,49,57-59,61-62H,15,24-28H2,1-14H3/t31-,32-,33+,34-,35-,36+,39+,40?,41-,43+,44-,45-,46+,47-,49+,50-,51-,52-/m1/s1. The number of aryl methyl sites for hydroxylation is 1. The number of carbonyl (C=O) groups is 1. The smallest absolute Gasteiger partial charge is 0.309 e. The number of benzene rings is 1. The van der Waals surface area contributed by atoms with E-state index in [2.05, 4.69) is 11.8 Å². The van der Waals surface area contributed by atoms with Crippen LogP contribution in [0.25, 0.3) is 5.69 Å². The summed E-state index contributed by atoms with van der Waals surface area (Å²) in [5.41, 5.74) is -2.10. The monoisotopic (exact) mass is 940 g/mol. The highest BCUT2D eigenvalue weighted by Crippen LogP contribution is 2.45. The van der Waals surface area contributed by atoms with Crippen LogP contribution in [0.3, 0.4) is 0 Å². The molecule has 1 aromatic carbocycles. The Morgan fingerprint density at radius 2 is 1.58 bits per heavy atom. The molecule has 0 radical (unpaired) electrons. The van der Waals surface area contributed by atoms with Crippen molar-refractivity contribution in [3.05, 3.63) is 64.1 Å². The SMILES string of the molecule is CC[C@H]1OC(=O)[C@H](C)[C@@H](C2C[C@@](C)(OC)[C@@H](O)[C@H](C)O2)[C@H](C)[C@@H](O[C@@H]2O[C@H](C)C[C@H](N(C)CC#Cc3ccc(-n4cc(C)ccc4=O)cc3)[C@H]2O)[C@](C)(O)C[C@@H](C)CN(C)[C@H](C)[C@@H](O)[C@]1(C)O. The molecule has 18 atom stereocenters. The molecule has 376 valence electrons. The number of cyclic esters (lactones) is 1. The van der Waals surface area contributed by atoms with Crippen molar-refractivity contribution < 1.29 is 54.0 Å². The number of hydrogen-bond acceptors (Lipinski definition) is 14. The van der Waals surface area contributed by atoms with Crippen LogP contribution >= 0.6 is 0 Å². The Morgan fingerprint density at radius 3 is 2.21 bits per heavy atom. The summed E-state index contributed by atoms with van der Waals surface area (Å²) in [7, 11) is 5.26. The second-order valence-corrected chi connectivity index (χ2v) is 21.0. The number of likely N-dealkylation sites (N-methyl/N-ethyl adjacent to an activating group) is 2. The molecule has 2 aromatic rings. The number of aromatic nitrogens is 1. The van der Waals surface area contributed by atoms with E-state index >= 15 is 0 Å². The first-order chi connectivity index (χ1) is 31.3. The molecule has 3 aliphatic rings. The first kappa shape index (κ1) is 54.7. The number of aliphatic hydroxyl groups excluding tert-OH is 3. The van der Waals surface area contributed by atoms with Gasteiger partial charge in [-0.2, -0.15) is 0 Å². The van der Waals surface area contributed by atoms with E-state index in [1.807, 2.05) is 82.8 Å². The van der Waals surface area contributed by atoms with Gasteiger partial charge in [0.15, 0.2) is 6.29 Å². The Bertz CT molecular complexity index is 2070. The summed E-state index contributed by atoms with van der Waals surface area (Å²) in [6.07, 6.45) is -5.65. The average molecular weight is 940 g/mol. The van der Waals surface area contributed by atoms with Gasteiger partial charge >= 0.3 is 5.97 Å². The van der Waals surface area contributed by atoms with Crippen LogP contribution in [0.5, 0.6) is 0 Å². The minimum atomic E-state index is -1.81. The fourth-order valence-electron chi connectivity index (χ4n) is 11.1. The molecule has 0 saturated carbocycles. The fourth-order valence-corrected chi connectivity index (χ4v) is 11.1. The van der Waals surface area contributed by atoms with Crippen molar-refractivity contribution in [2.24, 2.45) is 23.7 Å². The van der Waals surface area contributed by atoms with Crippen LogP contribution in [-0.4, -0.2) is 164 Å². The van der Waals surface area contributed by atoms with E-state index in [0.29, 0.717) is 19.5 Å². The Balaban J connectivity index is 1.49. The Labute approximate surface area is 398 Å². The second-order valence-electron chi connectivity index (χ2n) is 21.0. The van der Waals surface area contributed by atoms with Gasteiger partial charge in [0.05, 0.1) is 48.1 Å². The number of ether oxygens (including phenoxy) is 5. The third kappa shape index (κ3) is 12.4. The Hall–Kier alpha value is -3.24. The maximum atomic E-state index is 14.6. The molecule has 0 bridgehead atoms. The molecule has 15 nitrogen and oxygen atoms in total.